The van der Waals surface area contributed by atoms with Crippen molar-refractivity contribution in [3.63, 3.8) is 0 Å². The number of rotatable bonds is 5. The van der Waals surface area contributed by atoms with Gasteiger partial charge in [-0.1, -0.05) is 12.1 Å². The van der Waals surface area contributed by atoms with Crippen molar-refractivity contribution in [2.45, 2.75) is 25.3 Å². The molecule has 4 nitrogen and oxygen atoms in total. The van der Waals surface area contributed by atoms with Crippen molar-refractivity contribution in [2.24, 2.45) is 5.73 Å². The van der Waals surface area contributed by atoms with E-state index in [2.05, 4.69) is 9.88 Å². The molecule has 2 aromatic rings. The first-order chi connectivity index (χ1) is 8.88. The van der Waals surface area contributed by atoms with Crippen LogP contribution in [0, 0.1) is 0 Å². The summed E-state index contributed by atoms with van der Waals surface area (Å²) in [5.41, 5.74) is 7.52. The highest BCUT2D eigenvalue weighted by Crippen LogP contribution is 2.30. The molecule has 94 valence electrons. The molecule has 1 aromatic heterocycles. The highest BCUT2D eigenvalue weighted by atomic mass is 15.2. The third-order valence-electron chi connectivity index (χ3n) is 3.32. The minimum atomic E-state index is 0.645. The van der Waals surface area contributed by atoms with Gasteiger partial charge in [-0.05, 0) is 37.9 Å². The van der Waals surface area contributed by atoms with Gasteiger partial charge >= 0.3 is 0 Å². The number of para-hydroxylation sites is 2. The van der Waals surface area contributed by atoms with E-state index in [0.29, 0.717) is 6.04 Å². The molecule has 18 heavy (non-hydrogen) atoms. The molecule has 3 rings (SSSR count). The van der Waals surface area contributed by atoms with E-state index < -0.39 is 0 Å². The van der Waals surface area contributed by atoms with E-state index in [1.54, 1.807) is 0 Å². The molecule has 1 aliphatic carbocycles. The predicted molar refractivity (Wildman–Crippen MR) is 73.6 cm³/mol. The van der Waals surface area contributed by atoms with Gasteiger partial charge in [0.1, 0.15) is 5.82 Å². The van der Waals surface area contributed by atoms with Gasteiger partial charge in [0.15, 0.2) is 0 Å². The molecule has 0 amide bonds. The number of nitrogens with two attached hydrogens (primary N) is 1. The van der Waals surface area contributed by atoms with E-state index in [1.165, 1.54) is 12.8 Å². The molecule has 0 radical (unpaired) electrons. The number of hydrogen-bond acceptors (Lipinski definition) is 4. The van der Waals surface area contributed by atoms with Crippen LogP contribution in [0.1, 0.15) is 19.3 Å². The Labute approximate surface area is 107 Å². The van der Waals surface area contributed by atoms with E-state index in [-0.39, 0.29) is 0 Å². The van der Waals surface area contributed by atoms with E-state index in [4.69, 9.17) is 10.7 Å². The van der Waals surface area contributed by atoms with Crippen molar-refractivity contribution in [2.75, 3.05) is 18.0 Å². The van der Waals surface area contributed by atoms with Gasteiger partial charge < -0.3 is 10.6 Å². The summed E-state index contributed by atoms with van der Waals surface area (Å²) in [5, 5.41) is 0. The van der Waals surface area contributed by atoms with Crippen LogP contribution in [0.25, 0.3) is 11.0 Å². The molecule has 1 aromatic carbocycles. The normalized spacial score (nSPS) is 14.9. The highest BCUT2D eigenvalue weighted by Gasteiger charge is 2.29. The van der Waals surface area contributed by atoms with Crippen LogP contribution < -0.4 is 10.6 Å². The number of aromatic nitrogens is 2. The second kappa shape index (κ2) is 4.90. The molecule has 1 heterocycles. The first-order valence-corrected chi connectivity index (χ1v) is 6.57. The number of benzene rings is 1. The fourth-order valence-electron chi connectivity index (χ4n) is 2.22. The summed E-state index contributed by atoms with van der Waals surface area (Å²) in [6, 6.07) is 8.64. The average molecular weight is 242 g/mol. The van der Waals surface area contributed by atoms with Gasteiger partial charge in [0, 0.05) is 12.6 Å². The maximum Gasteiger partial charge on any atom is 0.148 e. The Kier molecular flexibility index (Phi) is 3.11. The topological polar surface area (TPSA) is 55.0 Å². The monoisotopic (exact) mass is 242 g/mol. The van der Waals surface area contributed by atoms with E-state index in [9.17, 15) is 0 Å². The first kappa shape index (κ1) is 11.4. The summed E-state index contributed by atoms with van der Waals surface area (Å²) in [7, 11) is 0. The smallest absolute Gasteiger partial charge is 0.148 e. The number of nitrogens with zero attached hydrogens (tertiary/aromatic N) is 3. The quantitative estimate of drug-likeness (QED) is 0.870. The van der Waals surface area contributed by atoms with Gasteiger partial charge in [-0.2, -0.15) is 0 Å². The Morgan fingerprint density at radius 2 is 2.00 bits per heavy atom. The fraction of sp³-hybridized carbons (Fsp3) is 0.429. The molecule has 0 bridgehead atoms. The van der Waals surface area contributed by atoms with Crippen LogP contribution in [-0.4, -0.2) is 29.1 Å². The third-order valence-corrected chi connectivity index (χ3v) is 3.32. The average Bonchev–Trinajstić information content (AvgIpc) is 3.24. The van der Waals surface area contributed by atoms with Crippen LogP contribution in [0.3, 0.4) is 0 Å². The highest BCUT2D eigenvalue weighted by molar-refractivity contribution is 5.75. The number of fused-ring (bicyclic) bond motifs is 1. The lowest BCUT2D eigenvalue weighted by atomic mass is 10.3. The van der Waals surface area contributed by atoms with Gasteiger partial charge in [-0.3, -0.25) is 4.98 Å². The van der Waals surface area contributed by atoms with Crippen LogP contribution in [0.15, 0.2) is 30.5 Å². The van der Waals surface area contributed by atoms with Crippen LogP contribution in [-0.2, 0) is 0 Å². The molecule has 1 fully saturated rings. The zero-order chi connectivity index (χ0) is 12.4. The Bertz CT molecular complexity index is 536. The molecule has 0 atom stereocenters. The number of anilines is 1. The second-order valence-corrected chi connectivity index (χ2v) is 4.78. The minimum Gasteiger partial charge on any atom is -0.352 e. The van der Waals surface area contributed by atoms with Crippen LogP contribution in [0.2, 0.25) is 0 Å². The fourth-order valence-corrected chi connectivity index (χ4v) is 2.22. The Hall–Kier alpha value is -1.68. The van der Waals surface area contributed by atoms with Crippen molar-refractivity contribution >= 4 is 16.9 Å². The number of hydrogen-bond donors (Lipinski definition) is 1. The molecule has 0 spiro atoms. The molecule has 0 unspecified atom stereocenters. The van der Waals surface area contributed by atoms with Crippen molar-refractivity contribution in [3.05, 3.63) is 30.5 Å². The SMILES string of the molecule is NCCCN(c1cnc2ccccc2n1)C1CC1. The molecule has 0 saturated heterocycles. The Balaban J connectivity index is 1.90. The lowest BCUT2D eigenvalue weighted by molar-refractivity contribution is 0.722. The summed E-state index contributed by atoms with van der Waals surface area (Å²) >= 11 is 0. The van der Waals surface area contributed by atoms with Gasteiger partial charge in [0.25, 0.3) is 0 Å². The van der Waals surface area contributed by atoms with Crippen molar-refractivity contribution in [1.29, 1.82) is 0 Å². The summed E-state index contributed by atoms with van der Waals surface area (Å²) in [5.74, 6) is 0.990. The van der Waals surface area contributed by atoms with Crippen LogP contribution in [0.4, 0.5) is 5.82 Å². The van der Waals surface area contributed by atoms with Gasteiger partial charge in [0.2, 0.25) is 0 Å². The van der Waals surface area contributed by atoms with Crippen LogP contribution >= 0.6 is 0 Å². The van der Waals surface area contributed by atoms with Gasteiger partial charge in [-0.25, -0.2) is 4.98 Å². The Morgan fingerprint density at radius 1 is 1.22 bits per heavy atom. The van der Waals surface area contributed by atoms with E-state index in [1.807, 2.05) is 30.5 Å². The molecule has 0 aliphatic heterocycles. The van der Waals surface area contributed by atoms with Gasteiger partial charge in [-0.15, -0.1) is 0 Å². The first-order valence-electron chi connectivity index (χ1n) is 6.57. The maximum absolute atomic E-state index is 5.60. The zero-order valence-electron chi connectivity index (χ0n) is 10.4. The van der Waals surface area contributed by atoms with Crippen molar-refractivity contribution < 1.29 is 0 Å². The maximum atomic E-state index is 5.60. The minimum absolute atomic E-state index is 0.645. The summed E-state index contributed by atoms with van der Waals surface area (Å²) in [4.78, 5) is 11.6. The molecule has 2 N–H and O–H groups in total. The third kappa shape index (κ3) is 2.29. The summed E-state index contributed by atoms with van der Waals surface area (Å²) in [6.45, 7) is 1.71. The molecular formula is C14H18N4. The van der Waals surface area contributed by atoms with E-state index in [0.717, 1.165) is 36.4 Å². The van der Waals surface area contributed by atoms with E-state index >= 15 is 0 Å². The largest absolute Gasteiger partial charge is 0.352 e. The molecule has 1 saturated carbocycles. The molecule has 1 aliphatic rings. The molecular weight excluding hydrogens is 224 g/mol. The summed E-state index contributed by atoms with van der Waals surface area (Å²) < 4.78 is 0. The predicted octanol–water partition coefficient (Wildman–Crippen LogP) is 1.95. The summed E-state index contributed by atoms with van der Waals surface area (Å²) in [6.07, 6.45) is 5.42. The standard InChI is InChI=1S/C14H18N4/c15-8-3-9-18(11-6-7-11)14-10-16-12-4-1-2-5-13(12)17-14/h1-2,4-5,10-11H,3,6-9,15H2. The van der Waals surface area contributed by atoms with Crippen molar-refractivity contribution in [3.8, 4) is 0 Å². The zero-order valence-corrected chi connectivity index (χ0v) is 10.4. The van der Waals surface area contributed by atoms with Crippen LogP contribution in [0.5, 0.6) is 0 Å². The lowest BCUT2D eigenvalue weighted by Crippen LogP contribution is -2.29. The van der Waals surface area contributed by atoms with Gasteiger partial charge in [0.05, 0.1) is 17.2 Å². The Morgan fingerprint density at radius 3 is 2.72 bits per heavy atom. The molecule has 4 heteroatoms. The van der Waals surface area contributed by atoms with Crippen molar-refractivity contribution in [1.82, 2.24) is 9.97 Å². The lowest BCUT2D eigenvalue weighted by Gasteiger charge is -2.23. The second-order valence-electron chi connectivity index (χ2n) is 4.78.